The molecule has 0 N–H and O–H groups in total. The number of hydrogen-bond acceptors (Lipinski definition) is 2. The van der Waals surface area contributed by atoms with Crippen molar-refractivity contribution in [2.45, 2.75) is 6.42 Å². The predicted octanol–water partition coefficient (Wildman–Crippen LogP) is -0.116. The van der Waals surface area contributed by atoms with E-state index in [1.54, 1.807) is 17.1 Å². The molecule has 0 saturated heterocycles. The van der Waals surface area contributed by atoms with E-state index in [0.717, 1.165) is 6.16 Å². The summed E-state index contributed by atoms with van der Waals surface area (Å²) < 4.78 is 1.58. The topological polar surface area (TPSA) is 39.3 Å². The largest absolute Gasteiger partial charge is 1.00 e. The fourth-order valence-electron chi connectivity index (χ4n) is 3.78. The molecule has 0 aliphatic heterocycles. The number of aromatic nitrogens is 1. The van der Waals surface area contributed by atoms with E-state index in [2.05, 4.69) is 77.9 Å². The molecule has 0 aliphatic carbocycles. The molecule has 3 nitrogen and oxygen atoms in total. The zero-order valence-electron chi connectivity index (χ0n) is 17.1. The summed E-state index contributed by atoms with van der Waals surface area (Å²) in [5.41, 5.74) is 0. The average Bonchev–Trinajstić information content (AvgIpc) is 2.82. The minimum Gasteiger partial charge on any atom is -1.00 e. The second-order valence-corrected chi connectivity index (χ2v) is 10.7. The van der Waals surface area contributed by atoms with Gasteiger partial charge in [0.05, 0.1) is 6.16 Å². The van der Waals surface area contributed by atoms with Gasteiger partial charge >= 0.3 is 0 Å². The second-order valence-electron chi connectivity index (χ2n) is 7.04. The molecule has 31 heavy (non-hydrogen) atoms. The highest BCUT2D eigenvalue weighted by molar-refractivity contribution is 7.95. The summed E-state index contributed by atoms with van der Waals surface area (Å²) in [7, 11) is -2.00. The molecule has 0 aliphatic rings. The molecule has 0 fully saturated rings. The van der Waals surface area contributed by atoms with E-state index in [0.29, 0.717) is 6.42 Å². The first-order valence-corrected chi connectivity index (χ1v) is 12.0. The van der Waals surface area contributed by atoms with Gasteiger partial charge in [0.25, 0.3) is 0 Å². The molecule has 0 unspecified atom stereocenters. The maximum Gasteiger partial charge on any atom is 0.202 e. The zero-order valence-corrected chi connectivity index (χ0v) is 20.1. The molecule has 1 heterocycles. The first kappa shape index (κ1) is 23.1. The summed E-state index contributed by atoms with van der Waals surface area (Å²) >= 11 is 0. The highest BCUT2D eigenvalue weighted by Gasteiger charge is 2.44. The van der Waals surface area contributed by atoms with Crippen molar-refractivity contribution in [2.75, 3.05) is 6.16 Å². The Bertz CT molecular complexity index is 995. The summed E-state index contributed by atoms with van der Waals surface area (Å²) in [6.07, 6.45) is 4.69. The Morgan fingerprint density at radius 3 is 1.45 bits per heavy atom. The van der Waals surface area contributed by atoms with E-state index in [1.165, 1.54) is 15.9 Å². The molecular weight excluding hydrogens is 514 g/mol. The molecule has 1 aromatic heterocycles. The Hall–Kier alpha value is -2.56. The first-order valence-electron chi connectivity index (χ1n) is 10.1. The average molecular weight is 538 g/mol. The van der Waals surface area contributed by atoms with Gasteiger partial charge < -0.3 is 29.1 Å². The maximum atomic E-state index is 12.8. The van der Waals surface area contributed by atoms with Crippen molar-refractivity contribution in [1.82, 2.24) is 0 Å². The minimum atomic E-state index is -2.00. The lowest BCUT2D eigenvalue weighted by Gasteiger charge is -2.28. The van der Waals surface area contributed by atoms with Gasteiger partial charge in [-0.05, 0) is 41.5 Å². The van der Waals surface area contributed by atoms with Crippen molar-refractivity contribution >= 4 is 29.1 Å². The maximum absolute atomic E-state index is 12.8. The predicted molar refractivity (Wildman–Crippen MR) is 124 cm³/mol. The van der Waals surface area contributed by atoms with Gasteiger partial charge in [0.2, 0.25) is 12.4 Å². The Balaban J connectivity index is 0.00000272. The van der Waals surface area contributed by atoms with Crippen molar-refractivity contribution in [3.8, 4) is 0 Å². The van der Waals surface area contributed by atoms with Crippen LogP contribution in [0.3, 0.4) is 0 Å². The molecule has 5 heteroatoms. The van der Waals surface area contributed by atoms with Gasteiger partial charge in [-0.3, -0.25) is 0 Å². The van der Waals surface area contributed by atoms with Crippen molar-refractivity contribution in [2.24, 2.45) is 5.10 Å². The number of hydrogen-bond donors (Lipinski definition) is 0. The third-order valence-electron chi connectivity index (χ3n) is 5.18. The third kappa shape index (κ3) is 5.38. The van der Waals surface area contributed by atoms with Crippen LogP contribution in [0.15, 0.2) is 127 Å². The van der Waals surface area contributed by atoms with Gasteiger partial charge in [0.1, 0.15) is 23.2 Å². The van der Waals surface area contributed by atoms with Crippen LogP contribution < -0.4 is 49.7 Å². The van der Waals surface area contributed by atoms with Gasteiger partial charge in [-0.15, -0.1) is 0 Å². The van der Waals surface area contributed by atoms with Gasteiger partial charge in [-0.1, -0.05) is 65.3 Å². The lowest BCUT2D eigenvalue weighted by atomic mass is 10.3. The lowest BCUT2D eigenvalue weighted by molar-refractivity contribution is -0.681. The van der Waals surface area contributed by atoms with Crippen LogP contribution in [0.2, 0.25) is 0 Å². The van der Waals surface area contributed by atoms with E-state index < -0.39 is 7.26 Å². The van der Waals surface area contributed by atoms with E-state index >= 15 is 0 Å². The van der Waals surface area contributed by atoms with Crippen LogP contribution >= 0.6 is 7.26 Å². The number of rotatable bonds is 7. The van der Waals surface area contributed by atoms with Crippen LogP contribution in [-0.2, 0) is 0 Å². The van der Waals surface area contributed by atoms with Crippen LogP contribution in [0.1, 0.15) is 6.42 Å². The summed E-state index contributed by atoms with van der Waals surface area (Å²) in [5, 5.41) is 20.9. The normalized spacial score (nSPS) is 11.5. The standard InChI is InChI=1S/C26H24N2OP.HI/c29-26(27-28-20-11-4-12-21-28)19-22-30(23-13-5-1-6-14-23,24-15-7-2-8-16-24)25-17-9-3-10-18-25;/h1-18,20-21H,19,22H2;1H/q+1;/p-1. The molecule has 3 aromatic carbocycles. The number of pyridine rings is 1. The van der Waals surface area contributed by atoms with Crippen molar-refractivity contribution in [3.63, 3.8) is 0 Å². The Kier molecular flexibility index (Phi) is 8.33. The molecule has 0 bridgehead atoms. The van der Waals surface area contributed by atoms with Crippen LogP contribution in [0, 0.1) is 0 Å². The van der Waals surface area contributed by atoms with E-state index in [-0.39, 0.29) is 29.9 Å². The molecule has 0 spiro atoms. The molecule has 0 amide bonds. The van der Waals surface area contributed by atoms with Crippen LogP contribution in [0.4, 0.5) is 0 Å². The molecular formula is C26H24IN2OP. The second kappa shape index (κ2) is 11.2. The van der Waals surface area contributed by atoms with Crippen molar-refractivity contribution in [1.29, 1.82) is 0 Å². The number of benzene rings is 3. The fourth-order valence-corrected chi connectivity index (χ4v) is 8.02. The highest BCUT2D eigenvalue weighted by Crippen LogP contribution is 2.55. The summed E-state index contributed by atoms with van der Waals surface area (Å²) in [6, 6.07) is 37.5. The SMILES string of the molecule is [I-].[O-]/C(CC[P+](c1ccccc1)(c1ccccc1)c1ccccc1)=N/[n+]1ccccc1. The molecule has 156 valence electrons. The van der Waals surface area contributed by atoms with Gasteiger partial charge in [-0.2, -0.15) is 0 Å². The Morgan fingerprint density at radius 2 is 1.03 bits per heavy atom. The van der Waals surface area contributed by atoms with Crippen molar-refractivity contribution in [3.05, 3.63) is 122 Å². The summed E-state index contributed by atoms with van der Waals surface area (Å²) in [6.45, 7) is 0. The molecule has 0 atom stereocenters. The molecule has 0 saturated carbocycles. The summed E-state index contributed by atoms with van der Waals surface area (Å²) in [5.74, 6) is -0.113. The fraction of sp³-hybridized carbons (Fsp3) is 0.0769. The van der Waals surface area contributed by atoms with Crippen molar-refractivity contribution < 1.29 is 33.8 Å². The number of nitrogens with zero attached hydrogens (tertiary/aromatic N) is 2. The molecule has 0 radical (unpaired) electrons. The van der Waals surface area contributed by atoms with Crippen LogP contribution in [0.25, 0.3) is 0 Å². The Morgan fingerprint density at radius 1 is 0.645 bits per heavy atom. The van der Waals surface area contributed by atoms with E-state index in [9.17, 15) is 5.11 Å². The number of halogens is 1. The van der Waals surface area contributed by atoms with Crippen LogP contribution in [0.5, 0.6) is 0 Å². The molecule has 4 rings (SSSR count). The molecule has 4 aromatic rings. The summed E-state index contributed by atoms with van der Waals surface area (Å²) in [4.78, 5) is 0. The van der Waals surface area contributed by atoms with E-state index in [4.69, 9.17) is 0 Å². The van der Waals surface area contributed by atoms with Gasteiger partial charge in [0, 0.05) is 24.5 Å². The monoisotopic (exact) mass is 538 g/mol. The van der Waals surface area contributed by atoms with E-state index in [1.807, 2.05) is 36.4 Å². The zero-order chi connectivity index (χ0) is 20.7. The van der Waals surface area contributed by atoms with Crippen LogP contribution in [-0.4, -0.2) is 12.1 Å². The Labute approximate surface area is 201 Å². The highest BCUT2D eigenvalue weighted by atomic mass is 127. The quantitative estimate of drug-likeness (QED) is 0.106. The first-order chi connectivity index (χ1) is 14.8. The minimum absolute atomic E-state index is 0. The smallest absolute Gasteiger partial charge is 0.202 e. The lowest BCUT2D eigenvalue weighted by Crippen LogP contribution is -3.00. The third-order valence-corrected chi connectivity index (χ3v) is 9.61. The van der Waals surface area contributed by atoms with Gasteiger partial charge in [-0.25, -0.2) is 0 Å². The van der Waals surface area contributed by atoms with Gasteiger partial charge in [0.15, 0.2) is 0 Å².